The number of rotatable bonds is 5. The Morgan fingerprint density at radius 3 is 2.74 bits per heavy atom. The summed E-state index contributed by atoms with van der Waals surface area (Å²) < 4.78 is 20.2. The monoisotopic (exact) mass is 314 g/mol. The van der Waals surface area contributed by atoms with E-state index in [-0.39, 0.29) is 5.82 Å². The van der Waals surface area contributed by atoms with Crippen molar-refractivity contribution < 1.29 is 8.91 Å². The second-order valence-corrected chi connectivity index (χ2v) is 5.71. The largest absolute Gasteiger partial charge is 0.361 e. The van der Waals surface area contributed by atoms with E-state index in [0.29, 0.717) is 12.2 Å². The van der Waals surface area contributed by atoms with Gasteiger partial charge in [-0.25, -0.2) is 9.07 Å². The van der Waals surface area contributed by atoms with E-state index in [2.05, 4.69) is 15.2 Å². The molecule has 0 aliphatic carbocycles. The molecule has 3 aromatic rings. The Balaban J connectivity index is 1.69. The predicted molar refractivity (Wildman–Crippen MR) is 84.7 cm³/mol. The first-order valence-electron chi connectivity index (χ1n) is 7.43. The molecule has 0 unspecified atom stereocenters. The first kappa shape index (κ1) is 15.4. The quantitative estimate of drug-likeness (QED) is 0.725. The minimum Gasteiger partial charge on any atom is -0.361 e. The Labute approximate surface area is 134 Å². The molecule has 2 heterocycles. The van der Waals surface area contributed by atoms with Crippen LogP contribution in [-0.4, -0.2) is 26.9 Å². The summed E-state index contributed by atoms with van der Waals surface area (Å²) in [7, 11) is 2.02. The summed E-state index contributed by atoms with van der Waals surface area (Å²) in [5.74, 6) is 0.578. The minimum atomic E-state index is -0.268. The summed E-state index contributed by atoms with van der Waals surface area (Å²) in [5, 5.41) is 8.48. The number of aryl methyl sites for hydroxylation is 2. The maximum absolute atomic E-state index is 13.3. The van der Waals surface area contributed by atoms with Crippen molar-refractivity contribution in [2.24, 2.45) is 0 Å². The Bertz CT molecular complexity index is 789. The highest BCUT2D eigenvalue weighted by atomic mass is 19.1. The minimum absolute atomic E-state index is 0.268. The fourth-order valence-electron chi connectivity index (χ4n) is 2.54. The van der Waals surface area contributed by atoms with Gasteiger partial charge in [-0.15, -0.1) is 0 Å². The number of hydrogen-bond donors (Lipinski definition) is 0. The number of benzene rings is 1. The van der Waals surface area contributed by atoms with Crippen molar-refractivity contribution in [2.45, 2.75) is 26.9 Å². The lowest BCUT2D eigenvalue weighted by Crippen LogP contribution is -2.18. The summed E-state index contributed by atoms with van der Waals surface area (Å²) in [6.45, 7) is 5.29. The molecule has 0 bridgehead atoms. The SMILES string of the molecule is Cc1noc(C)c1CN(C)Cc1ccn(-c2cccc(F)c2)n1. The second kappa shape index (κ2) is 6.34. The number of halogens is 1. The molecule has 0 aliphatic heterocycles. The van der Waals surface area contributed by atoms with Crippen molar-refractivity contribution >= 4 is 0 Å². The molecule has 5 nitrogen and oxygen atoms in total. The van der Waals surface area contributed by atoms with E-state index >= 15 is 0 Å². The average molecular weight is 314 g/mol. The number of nitrogens with zero attached hydrogens (tertiary/aromatic N) is 4. The van der Waals surface area contributed by atoms with Crippen molar-refractivity contribution in [1.29, 1.82) is 0 Å². The lowest BCUT2D eigenvalue weighted by molar-refractivity contribution is 0.310. The van der Waals surface area contributed by atoms with E-state index in [1.165, 1.54) is 12.1 Å². The molecule has 0 saturated heterocycles. The molecule has 23 heavy (non-hydrogen) atoms. The van der Waals surface area contributed by atoms with E-state index < -0.39 is 0 Å². The van der Waals surface area contributed by atoms with Crippen LogP contribution in [0.2, 0.25) is 0 Å². The maximum Gasteiger partial charge on any atom is 0.138 e. The number of hydrogen-bond acceptors (Lipinski definition) is 4. The van der Waals surface area contributed by atoms with Crippen molar-refractivity contribution in [3.63, 3.8) is 0 Å². The van der Waals surface area contributed by atoms with Crippen LogP contribution in [0, 0.1) is 19.7 Å². The van der Waals surface area contributed by atoms with Crippen LogP contribution in [0.4, 0.5) is 4.39 Å². The van der Waals surface area contributed by atoms with Gasteiger partial charge in [-0.2, -0.15) is 5.10 Å². The van der Waals surface area contributed by atoms with Gasteiger partial charge in [0.15, 0.2) is 0 Å². The van der Waals surface area contributed by atoms with Gasteiger partial charge >= 0.3 is 0 Å². The molecule has 0 saturated carbocycles. The fraction of sp³-hybridized carbons (Fsp3) is 0.294. The van der Waals surface area contributed by atoms with Gasteiger partial charge in [0.05, 0.1) is 17.1 Å². The second-order valence-electron chi connectivity index (χ2n) is 5.71. The molecule has 0 fully saturated rings. The van der Waals surface area contributed by atoms with Crippen molar-refractivity contribution in [3.05, 3.63) is 65.1 Å². The summed E-state index contributed by atoms with van der Waals surface area (Å²) in [5.41, 5.74) is 3.66. The van der Waals surface area contributed by atoms with Gasteiger partial charge < -0.3 is 4.52 Å². The summed E-state index contributed by atoms with van der Waals surface area (Å²) in [4.78, 5) is 2.14. The van der Waals surface area contributed by atoms with Gasteiger partial charge in [-0.1, -0.05) is 11.2 Å². The Morgan fingerprint density at radius 2 is 2.04 bits per heavy atom. The van der Waals surface area contributed by atoms with Gasteiger partial charge in [0.25, 0.3) is 0 Å². The fourth-order valence-corrected chi connectivity index (χ4v) is 2.54. The van der Waals surface area contributed by atoms with Crippen molar-refractivity contribution in [3.8, 4) is 5.69 Å². The Morgan fingerprint density at radius 1 is 1.22 bits per heavy atom. The average Bonchev–Trinajstić information content (AvgIpc) is 3.09. The molecule has 1 aromatic carbocycles. The zero-order valence-corrected chi connectivity index (χ0v) is 13.5. The summed E-state index contributed by atoms with van der Waals surface area (Å²) >= 11 is 0. The van der Waals surface area contributed by atoms with Crippen LogP contribution in [0.5, 0.6) is 0 Å². The molecule has 120 valence electrons. The lowest BCUT2D eigenvalue weighted by atomic mass is 10.2. The molecule has 6 heteroatoms. The zero-order chi connectivity index (χ0) is 16.4. The third-order valence-corrected chi connectivity index (χ3v) is 3.76. The van der Waals surface area contributed by atoms with Gasteiger partial charge in [-0.05, 0) is 45.2 Å². The van der Waals surface area contributed by atoms with Gasteiger partial charge in [0.2, 0.25) is 0 Å². The van der Waals surface area contributed by atoms with Gasteiger partial charge in [0, 0.05) is 24.8 Å². The summed E-state index contributed by atoms with van der Waals surface area (Å²) in [6, 6.07) is 8.33. The van der Waals surface area contributed by atoms with Crippen LogP contribution in [-0.2, 0) is 13.1 Å². The highest BCUT2D eigenvalue weighted by Crippen LogP contribution is 2.16. The molecule has 0 spiro atoms. The van der Waals surface area contributed by atoms with Crippen molar-refractivity contribution in [2.75, 3.05) is 7.05 Å². The van der Waals surface area contributed by atoms with Crippen LogP contribution in [0.15, 0.2) is 41.1 Å². The van der Waals surface area contributed by atoms with Crippen molar-refractivity contribution in [1.82, 2.24) is 19.8 Å². The molecule has 2 aromatic heterocycles. The van der Waals surface area contributed by atoms with E-state index in [4.69, 9.17) is 4.52 Å². The normalized spacial score (nSPS) is 11.3. The molecular weight excluding hydrogens is 295 g/mol. The standard InChI is InChI=1S/C17H19FN4O/c1-12-17(13(2)23-20-12)11-21(3)10-15-7-8-22(19-15)16-6-4-5-14(18)9-16/h4-9H,10-11H2,1-3H3. The first-order valence-corrected chi connectivity index (χ1v) is 7.43. The third kappa shape index (κ3) is 3.48. The van der Waals surface area contributed by atoms with Gasteiger partial charge in [0.1, 0.15) is 11.6 Å². The van der Waals surface area contributed by atoms with Crippen LogP contribution in [0.1, 0.15) is 22.7 Å². The van der Waals surface area contributed by atoms with Crippen LogP contribution < -0.4 is 0 Å². The molecule has 0 aliphatic rings. The summed E-state index contributed by atoms with van der Waals surface area (Å²) in [6.07, 6.45) is 1.84. The molecule has 3 rings (SSSR count). The lowest BCUT2D eigenvalue weighted by Gasteiger charge is -2.14. The van der Waals surface area contributed by atoms with Crippen LogP contribution >= 0.6 is 0 Å². The van der Waals surface area contributed by atoms with E-state index in [1.54, 1.807) is 10.7 Å². The third-order valence-electron chi connectivity index (χ3n) is 3.76. The van der Waals surface area contributed by atoms with Gasteiger partial charge in [-0.3, -0.25) is 4.90 Å². The predicted octanol–water partition coefficient (Wildman–Crippen LogP) is 3.25. The smallest absolute Gasteiger partial charge is 0.138 e. The van der Waals surface area contributed by atoms with E-state index in [1.807, 2.05) is 39.2 Å². The Hall–Kier alpha value is -2.47. The highest BCUT2D eigenvalue weighted by molar-refractivity contribution is 5.31. The first-order chi connectivity index (χ1) is 11.0. The topological polar surface area (TPSA) is 47.1 Å². The molecule has 0 radical (unpaired) electrons. The van der Waals surface area contributed by atoms with Crippen LogP contribution in [0.25, 0.3) is 5.69 Å². The highest BCUT2D eigenvalue weighted by Gasteiger charge is 2.12. The molecular formula is C17H19FN4O. The van der Waals surface area contributed by atoms with E-state index in [0.717, 1.165) is 29.3 Å². The maximum atomic E-state index is 13.3. The molecule has 0 amide bonds. The Kier molecular flexibility index (Phi) is 4.25. The molecule has 0 N–H and O–H groups in total. The van der Waals surface area contributed by atoms with E-state index in [9.17, 15) is 4.39 Å². The zero-order valence-electron chi connectivity index (χ0n) is 13.5. The number of aromatic nitrogens is 3. The molecule has 0 atom stereocenters. The van der Waals surface area contributed by atoms with Crippen LogP contribution in [0.3, 0.4) is 0 Å².